The highest BCUT2D eigenvalue weighted by molar-refractivity contribution is 5.91. The molecule has 0 heterocycles. The highest BCUT2D eigenvalue weighted by Gasteiger charge is 2.19. The lowest BCUT2D eigenvalue weighted by Gasteiger charge is -2.10. The van der Waals surface area contributed by atoms with Crippen molar-refractivity contribution in [1.29, 1.82) is 5.26 Å². The summed E-state index contributed by atoms with van der Waals surface area (Å²) in [5, 5.41) is 8.45. The third kappa shape index (κ3) is 3.52. The summed E-state index contributed by atoms with van der Waals surface area (Å²) in [4.78, 5) is 11.5. The quantitative estimate of drug-likeness (QED) is 0.757. The Morgan fingerprint density at radius 2 is 2.22 bits per heavy atom. The van der Waals surface area contributed by atoms with Gasteiger partial charge in [-0.1, -0.05) is 6.07 Å². The largest absolute Gasteiger partial charge is 0.462 e. The molecule has 0 bridgehead atoms. The maximum absolute atomic E-state index is 12.9. The first-order chi connectivity index (χ1) is 8.60. The fraction of sp³-hybridized carbons (Fsp3) is 0.385. The van der Waals surface area contributed by atoms with E-state index < -0.39 is 12.4 Å². The van der Waals surface area contributed by atoms with E-state index in [1.165, 1.54) is 12.1 Å². The van der Waals surface area contributed by atoms with E-state index in [0.717, 1.165) is 0 Å². The van der Waals surface area contributed by atoms with Gasteiger partial charge in [0.25, 0.3) is 6.43 Å². The molecule has 0 N–H and O–H groups in total. The predicted octanol–water partition coefficient (Wildman–Crippen LogP) is 3.26. The Kier molecular flexibility index (Phi) is 5.25. The summed E-state index contributed by atoms with van der Waals surface area (Å²) < 4.78 is 30.4. The SMILES string of the molecule is CCOC(=O)c1ccc(CCC#N)cc1C(F)F. The minimum Gasteiger partial charge on any atom is -0.462 e. The van der Waals surface area contributed by atoms with Crippen molar-refractivity contribution in [1.82, 2.24) is 0 Å². The number of esters is 1. The van der Waals surface area contributed by atoms with Crippen molar-refractivity contribution >= 4 is 5.97 Å². The Morgan fingerprint density at radius 3 is 2.78 bits per heavy atom. The van der Waals surface area contributed by atoms with E-state index in [0.29, 0.717) is 12.0 Å². The number of aryl methyl sites for hydroxylation is 1. The Labute approximate surface area is 104 Å². The summed E-state index contributed by atoms with van der Waals surface area (Å²) in [6.45, 7) is 1.75. The molecule has 18 heavy (non-hydrogen) atoms. The summed E-state index contributed by atoms with van der Waals surface area (Å²) >= 11 is 0. The van der Waals surface area contributed by atoms with E-state index in [1.807, 2.05) is 6.07 Å². The number of alkyl halides is 2. The fourth-order valence-corrected chi connectivity index (χ4v) is 1.54. The molecule has 0 unspecified atom stereocenters. The standard InChI is InChI=1S/C13H13F2NO2/c1-2-18-13(17)10-6-5-9(4-3-7-16)8-11(10)12(14)15/h5-6,8,12H,2-4H2,1H3. The van der Waals surface area contributed by atoms with Gasteiger partial charge in [0, 0.05) is 12.0 Å². The number of ether oxygens (including phenoxy) is 1. The van der Waals surface area contributed by atoms with Gasteiger partial charge >= 0.3 is 5.97 Å². The first kappa shape index (κ1) is 14.1. The van der Waals surface area contributed by atoms with Crippen molar-refractivity contribution in [2.24, 2.45) is 0 Å². The lowest BCUT2D eigenvalue weighted by atomic mass is 10.0. The summed E-state index contributed by atoms with van der Waals surface area (Å²) in [7, 11) is 0. The third-order valence-corrected chi connectivity index (χ3v) is 2.37. The zero-order chi connectivity index (χ0) is 13.5. The van der Waals surface area contributed by atoms with Crippen LogP contribution in [-0.2, 0) is 11.2 Å². The van der Waals surface area contributed by atoms with E-state index in [2.05, 4.69) is 0 Å². The van der Waals surface area contributed by atoms with Crippen molar-refractivity contribution in [2.45, 2.75) is 26.2 Å². The van der Waals surface area contributed by atoms with E-state index >= 15 is 0 Å². The minimum atomic E-state index is -2.74. The van der Waals surface area contributed by atoms with E-state index in [4.69, 9.17) is 10.00 Å². The molecule has 1 aromatic carbocycles. The first-order valence-electron chi connectivity index (χ1n) is 5.55. The lowest BCUT2D eigenvalue weighted by Crippen LogP contribution is -2.09. The molecule has 5 heteroatoms. The van der Waals surface area contributed by atoms with E-state index in [-0.39, 0.29) is 24.2 Å². The van der Waals surface area contributed by atoms with Crippen LogP contribution in [0.15, 0.2) is 18.2 Å². The van der Waals surface area contributed by atoms with Gasteiger partial charge in [-0.05, 0) is 31.0 Å². The Bertz CT molecular complexity index is 467. The van der Waals surface area contributed by atoms with Crippen molar-refractivity contribution < 1.29 is 18.3 Å². The average molecular weight is 253 g/mol. The van der Waals surface area contributed by atoms with Gasteiger partial charge in [0.15, 0.2) is 0 Å². The monoisotopic (exact) mass is 253 g/mol. The minimum absolute atomic E-state index is 0.118. The molecule has 0 saturated heterocycles. The molecule has 0 radical (unpaired) electrons. The Morgan fingerprint density at radius 1 is 1.50 bits per heavy atom. The molecular weight excluding hydrogens is 240 g/mol. The third-order valence-electron chi connectivity index (χ3n) is 2.37. The maximum atomic E-state index is 12.9. The number of nitrogens with zero attached hydrogens (tertiary/aromatic N) is 1. The number of benzene rings is 1. The number of carbonyl (C=O) groups is 1. The molecule has 0 aliphatic carbocycles. The van der Waals surface area contributed by atoms with Crippen molar-refractivity contribution in [2.75, 3.05) is 6.61 Å². The number of nitriles is 1. The topological polar surface area (TPSA) is 50.1 Å². The molecule has 96 valence electrons. The van der Waals surface area contributed by atoms with Crippen LogP contribution in [0.3, 0.4) is 0 Å². The Balaban J connectivity index is 3.05. The van der Waals surface area contributed by atoms with Crippen LogP contribution in [0.25, 0.3) is 0 Å². The van der Waals surface area contributed by atoms with Crippen LogP contribution in [0.2, 0.25) is 0 Å². The second kappa shape index (κ2) is 6.70. The molecule has 0 aliphatic heterocycles. The van der Waals surface area contributed by atoms with E-state index in [1.54, 1.807) is 13.0 Å². The molecule has 0 amide bonds. The first-order valence-corrected chi connectivity index (χ1v) is 5.55. The smallest absolute Gasteiger partial charge is 0.338 e. The Hall–Kier alpha value is -1.96. The van der Waals surface area contributed by atoms with Crippen molar-refractivity contribution in [3.05, 3.63) is 34.9 Å². The molecule has 0 atom stereocenters. The lowest BCUT2D eigenvalue weighted by molar-refractivity contribution is 0.0515. The van der Waals surface area contributed by atoms with Gasteiger partial charge in [-0.2, -0.15) is 5.26 Å². The van der Waals surface area contributed by atoms with Crippen LogP contribution in [0.4, 0.5) is 8.78 Å². The normalized spacial score (nSPS) is 10.2. The zero-order valence-corrected chi connectivity index (χ0v) is 9.95. The summed E-state index contributed by atoms with van der Waals surface area (Å²) in [5.41, 5.74) is 0.149. The van der Waals surface area contributed by atoms with Gasteiger partial charge in [0.2, 0.25) is 0 Å². The van der Waals surface area contributed by atoms with Gasteiger partial charge in [0.05, 0.1) is 18.2 Å². The molecule has 0 aromatic heterocycles. The number of hydrogen-bond donors (Lipinski definition) is 0. The zero-order valence-electron chi connectivity index (χ0n) is 9.95. The number of halogens is 2. The van der Waals surface area contributed by atoms with Crippen LogP contribution in [0.5, 0.6) is 0 Å². The second-order valence-electron chi connectivity index (χ2n) is 3.60. The molecule has 0 aliphatic rings. The highest BCUT2D eigenvalue weighted by atomic mass is 19.3. The molecule has 0 spiro atoms. The van der Waals surface area contributed by atoms with Gasteiger partial charge in [-0.25, -0.2) is 13.6 Å². The molecule has 0 saturated carbocycles. The van der Waals surface area contributed by atoms with Gasteiger partial charge in [0.1, 0.15) is 0 Å². The van der Waals surface area contributed by atoms with Gasteiger partial charge < -0.3 is 4.74 Å². The van der Waals surface area contributed by atoms with Gasteiger partial charge in [-0.3, -0.25) is 0 Å². The maximum Gasteiger partial charge on any atom is 0.338 e. The van der Waals surface area contributed by atoms with Crippen LogP contribution >= 0.6 is 0 Å². The molecule has 1 aromatic rings. The number of hydrogen-bond acceptors (Lipinski definition) is 3. The van der Waals surface area contributed by atoms with Crippen LogP contribution in [-0.4, -0.2) is 12.6 Å². The van der Waals surface area contributed by atoms with E-state index in [9.17, 15) is 13.6 Å². The molecule has 3 nitrogen and oxygen atoms in total. The number of carbonyl (C=O) groups excluding carboxylic acids is 1. The highest BCUT2D eigenvalue weighted by Crippen LogP contribution is 2.25. The summed E-state index contributed by atoms with van der Waals surface area (Å²) in [6, 6.07) is 6.09. The fourth-order valence-electron chi connectivity index (χ4n) is 1.54. The van der Waals surface area contributed by atoms with Gasteiger partial charge in [-0.15, -0.1) is 0 Å². The second-order valence-corrected chi connectivity index (χ2v) is 3.60. The van der Waals surface area contributed by atoms with Crippen molar-refractivity contribution in [3.63, 3.8) is 0 Å². The van der Waals surface area contributed by atoms with Crippen LogP contribution < -0.4 is 0 Å². The average Bonchev–Trinajstić information content (AvgIpc) is 2.36. The molecular formula is C13H13F2NO2. The molecule has 0 fully saturated rings. The van der Waals surface area contributed by atoms with Crippen LogP contribution in [0, 0.1) is 11.3 Å². The predicted molar refractivity (Wildman–Crippen MR) is 61.3 cm³/mol. The van der Waals surface area contributed by atoms with Crippen LogP contribution in [0.1, 0.15) is 41.3 Å². The molecule has 1 rings (SSSR count). The van der Waals surface area contributed by atoms with Crippen molar-refractivity contribution in [3.8, 4) is 6.07 Å². The summed E-state index contributed by atoms with van der Waals surface area (Å²) in [6.07, 6.45) is -2.10. The summed E-state index contributed by atoms with van der Waals surface area (Å²) in [5.74, 6) is -0.750. The number of rotatable bonds is 5.